The van der Waals surface area contributed by atoms with E-state index in [1.165, 1.54) is 116 Å². The van der Waals surface area contributed by atoms with E-state index in [-0.39, 0.29) is 11.1 Å². The standard InChI is InChI=1S/C54H52N2/c1-35-17-15-31-53(3)51(35)45-33-37(27-29-47(45)55(53)39-19-7-5-8-20-39)49-41-23-11-13-25-43(41)50(44-26-14-12-24-42(44)49)38-28-30-48-46(34-38)52-36(2)18-16-32-54(52,4)56(48)40-21-9-6-10-22-40/h5-14,19-30,33-36,51-52H,15-18,31-32H2,1-4H3. The lowest BCUT2D eigenvalue weighted by Gasteiger charge is -2.46. The van der Waals surface area contributed by atoms with Crippen molar-refractivity contribution in [2.75, 3.05) is 9.80 Å². The minimum atomic E-state index is 0.0591. The van der Waals surface area contributed by atoms with E-state index in [1.54, 1.807) is 0 Å². The molecule has 56 heavy (non-hydrogen) atoms. The molecule has 6 atom stereocenters. The SMILES string of the molecule is CC1CCCC2(C)C1c1cc(-c3c4ccccc4c(-c4ccc5c(c4)C4C(C)CCCC4(C)N5c4ccccc4)c4ccccc34)ccc1N2c1ccccc1. The fraction of sp³-hybridized carbons (Fsp3) is 0.296. The predicted molar refractivity (Wildman–Crippen MR) is 238 cm³/mol. The van der Waals surface area contributed by atoms with Gasteiger partial charge in [0.15, 0.2) is 0 Å². The first-order valence-electron chi connectivity index (χ1n) is 21.3. The molecule has 0 amide bonds. The van der Waals surface area contributed by atoms with Crippen LogP contribution in [0.1, 0.15) is 89.2 Å². The van der Waals surface area contributed by atoms with Crippen molar-refractivity contribution in [3.63, 3.8) is 0 Å². The normalized spacial score (nSPS) is 26.6. The quantitative estimate of drug-likeness (QED) is 0.167. The van der Waals surface area contributed by atoms with Crippen molar-refractivity contribution < 1.29 is 0 Å². The third-order valence-electron chi connectivity index (χ3n) is 14.9. The van der Waals surface area contributed by atoms with E-state index in [4.69, 9.17) is 0 Å². The van der Waals surface area contributed by atoms with Gasteiger partial charge in [-0.1, -0.05) is 124 Å². The van der Waals surface area contributed by atoms with E-state index in [9.17, 15) is 0 Å². The molecule has 2 saturated carbocycles. The Hall–Kier alpha value is -5.34. The van der Waals surface area contributed by atoms with Crippen molar-refractivity contribution in [3.05, 3.63) is 157 Å². The Bertz CT molecular complexity index is 2400. The predicted octanol–water partition coefficient (Wildman–Crippen LogP) is 15.0. The number of nitrogens with zero attached hydrogens (tertiary/aromatic N) is 2. The molecule has 2 heteroatoms. The number of anilines is 4. The molecule has 2 aliphatic heterocycles. The van der Waals surface area contributed by atoms with Gasteiger partial charge in [0, 0.05) is 45.7 Å². The molecule has 2 heterocycles. The lowest BCUT2D eigenvalue weighted by molar-refractivity contribution is 0.223. The third-order valence-corrected chi connectivity index (χ3v) is 14.9. The Morgan fingerprint density at radius 1 is 0.446 bits per heavy atom. The lowest BCUT2D eigenvalue weighted by Crippen LogP contribution is -2.47. The minimum Gasteiger partial charge on any atom is -0.335 e. The second-order valence-corrected chi connectivity index (χ2v) is 18.1. The molecule has 0 radical (unpaired) electrons. The molecule has 0 saturated heterocycles. The second-order valence-electron chi connectivity index (χ2n) is 18.1. The highest BCUT2D eigenvalue weighted by Gasteiger charge is 2.53. The number of hydrogen-bond donors (Lipinski definition) is 0. The Morgan fingerprint density at radius 3 is 1.18 bits per heavy atom. The molecule has 7 aromatic carbocycles. The Morgan fingerprint density at radius 2 is 0.804 bits per heavy atom. The van der Waals surface area contributed by atoms with E-state index < -0.39 is 0 Å². The maximum Gasteiger partial charge on any atom is 0.0495 e. The molecule has 6 unspecified atom stereocenters. The molecule has 7 aromatic rings. The van der Waals surface area contributed by atoms with Crippen molar-refractivity contribution in [1.29, 1.82) is 0 Å². The molecule has 11 rings (SSSR count). The summed E-state index contributed by atoms with van der Waals surface area (Å²) in [7, 11) is 0. The first-order valence-corrected chi connectivity index (χ1v) is 21.3. The number of hydrogen-bond acceptors (Lipinski definition) is 2. The maximum absolute atomic E-state index is 2.69. The van der Waals surface area contributed by atoms with E-state index >= 15 is 0 Å². The van der Waals surface area contributed by atoms with E-state index in [1.807, 2.05) is 0 Å². The molecule has 0 bridgehead atoms. The first kappa shape index (κ1) is 34.0. The molecule has 0 spiro atoms. The van der Waals surface area contributed by atoms with Gasteiger partial charge in [-0.2, -0.15) is 0 Å². The van der Waals surface area contributed by atoms with Gasteiger partial charge < -0.3 is 9.80 Å². The molecule has 278 valence electrons. The van der Waals surface area contributed by atoms with Crippen molar-refractivity contribution in [2.45, 2.75) is 89.1 Å². The van der Waals surface area contributed by atoms with Gasteiger partial charge in [0.2, 0.25) is 0 Å². The number of para-hydroxylation sites is 2. The van der Waals surface area contributed by atoms with Crippen LogP contribution < -0.4 is 9.80 Å². The minimum absolute atomic E-state index is 0.0591. The zero-order valence-electron chi connectivity index (χ0n) is 33.3. The zero-order chi connectivity index (χ0) is 37.8. The van der Waals surface area contributed by atoms with Gasteiger partial charge in [-0.05, 0) is 155 Å². The summed E-state index contributed by atoms with van der Waals surface area (Å²) in [4.78, 5) is 5.38. The van der Waals surface area contributed by atoms with Gasteiger partial charge in [-0.15, -0.1) is 0 Å². The fourth-order valence-corrected chi connectivity index (χ4v) is 12.9. The smallest absolute Gasteiger partial charge is 0.0495 e. The van der Waals surface area contributed by atoms with Crippen molar-refractivity contribution in [2.24, 2.45) is 11.8 Å². The molecule has 2 fully saturated rings. The van der Waals surface area contributed by atoms with Crippen molar-refractivity contribution in [1.82, 2.24) is 0 Å². The first-order chi connectivity index (χ1) is 27.4. The van der Waals surface area contributed by atoms with Gasteiger partial charge in [0.1, 0.15) is 0 Å². The van der Waals surface area contributed by atoms with Gasteiger partial charge in [0.05, 0.1) is 0 Å². The molecular formula is C54H52N2. The summed E-state index contributed by atoms with van der Waals surface area (Å²) in [5.41, 5.74) is 13.9. The summed E-state index contributed by atoms with van der Waals surface area (Å²) in [5, 5.41) is 5.34. The Kier molecular flexibility index (Phi) is 7.63. The summed E-state index contributed by atoms with van der Waals surface area (Å²) in [6, 6.07) is 55.7. The number of fused-ring (bicyclic) bond motifs is 8. The van der Waals surface area contributed by atoms with Crippen LogP contribution in [0.25, 0.3) is 43.8 Å². The average Bonchev–Trinajstić information content (AvgIpc) is 3.65. The van der Waals surface area contributed by atoms with Crippen LogP contribution in [0.5, 0.6) is 0 Å². The topological polar surface area (TPSA) is 6.48 Å². The lowest BCUT2D eigenvalue weighted by atomic mass is 9.67. The molecular weight excluding hydrogens is 677 g/mol. The average molecular weight is 729 g/mol. The molecule has 0 N–H and O–H groups in total. The largest absolute Gasteiger partial charge is 0.335 e. The van der Waals surface area contributed by atoms with Gasteiger partial charge in [-0.3, -0.25) is 0 Å². The summed E-state index contributed by atoms with van der Waals surface area (Å²) in [5.74, 6) is 2.22. The summed E-state index contributed by atoms with van der Waals surface area (Å²) in [6.45, 7) is 10.1. The van der Waals surface area contributed by atoms with E-state index in [0.29, 0.717) is 23.7 Å². The third kappa shape index (κ3) is 4.74. The second kappa shape index (κ2) is 12.6. The Labute approximate surface area is 332 Å². The highest BCUT2D eigenvalue weighted by molar-refractivity contribution is 6.21. The maximum atomic E-state index is 2.69. The Balaban J connectivity index is 1.11. The van der Waals surface area contributed by atoms with Crippen molar-refractivity contribution in [3.8, 4) is 22.3 Å². The summed E-state index contributed by atoms with van der Waals surface area (Å²) < 4.78 is 0. The van der Waals surface area contributed by atoms with Crippen molar-refractivity contribution >= 4 is 44.3 Å². The zero-order valence-corrected chi connectivity index (χ0v) is 33.3. The van der Waals surface area contributed by atoms with Crippen LogP contribution in [0.2, 0.25) is 0 Å². The number of benzene rings is 7. The van der Waals surface area contributed by atoms with Crippen LogP contribution >= 0.6 is 0 Å². The molecule has 2 aliphatic carbocycles. The molecule has 2 nitrogen and oxygen atoms in total. The van der Waals surface area contributed by atoms with Crippen LogP contribution in [-0.4, -0.2) is 11.1 Å². The molecule has 0 aromatic heterocycles. The van der Waals surface area contributed by atoms with Crippen LogP contribution in [-0.2, 0) is 0 Å². The fourth-order valence-electron chi connectivity index (χ4n) is 12.9. The van der Waals surface area contributed by atoms with Crippen LogP contribution in [0.15, 0.2) is 146 Å². The van der Waals surface area contributed by atoms with E-state index in [2.05, 4.69) is 183 Å². The van der Waals surface area contributed by atoms with E-state index in [0.717, 1.165) is 0 Å². The van der Waals surface area contributed by atoms with Gasteiger partial charge >= 0.3 is 0 Å². The summed E-state index contributed by atoms with van der Waals surface area (Å²) >= 11 is 0. The summed E-state index contributed by atoms with van der Waals surface area (Å²) in [6.07, 6.45) is 7.56. The van der Waals surface area contributed by atoms with Crippen LogP contribution in [0.4, 0.5) is 22.7 Å². The van der Waals surface area contributed by atoms with Crippen LogP contribution in [0.3, 0.4) is 0 Å². The molecule has 4 aliphatic rings. The highest BCUT2D eigenvalue weighted by Crippen LogP contribution is 2.62. The van der Waals surface area contributed by atoms with Gasteiger partial charge in [-0.25, -0.2) is 0 Å². The monoisotopic (exact) mass is 728 g/mol. The highest BCUT2D eigenvalue weighted by atomic mass is 15.2. The van der Waals surface area contributed by atoms with Gasteiger partial charge in [0.25, 0.3) is 0 Å². The number of rotatable bonds is 4. The van der Waals surface area contributed by atoms with Crippen LogP contribution in [0, 0.1) is 11.8 Å².